The van der Waals surface area contributed by atoms with E-state index in [0.717, 1.165) is 16.4 Å². The molecule has 1 aliphatic carbocycles. The molecule has 0 saturated heterocycles. The van der Waals surface area contributed by atoms with E-state index in [1.165, 1.54) is 0 Å². The molecular weight excluding hydrogens is 174 g/mol. The lowest BCUT2D eigenvalue weighted by atomic mass is 9.91. The van der Waals surface area contributed by atoms with Crippen LogP contribution < -0.4 is 10.6 Å². The number of hydrogen-bond donors (Lipinski definition) is 0. The summed E-state index contributed by atoms with van der Waals surface area (Å²) >= 11 is 0. The van der Waals surface area contributed by atoms with Gasteiger partial charge in [-0.05, 0) is 18.9 Å². The van der Waals surface area contributed by atoms with Gasteiger partial charge in [0, 0.05) is 11.4 Å². The van der Waals surface area contributed by atoms with Gasteiger partial charge in [0.15, 0.2) is 0 Å². The normalized spacial score (nSPS) is 24.1. The first kappa shape index (κ1) is 8.89. The molecule has 3 heteroatoms. The van der Waals surface area contributed by atoms with E-state index < -0.39 is 0 Å². The predicted molar refractivity (Wildman–Crippen MR) is 53.2 cm³/mol. The van der Waals surface area contributed by atoms with Crippen LogP contribution >= 0.6 is 0 Å². The van der Waals surface area contributed by atoms with Gasteiger partial charge < -0.3 is 0 Å². The highest BCUT2D eigenvalue weighted by atomic mass is 14.9. The van der Waals surface area contributed by atoms with Crippen LogP contribution in [0, 0.1) is 30.1 Å². The zero-order valence-corrected chi connectivity index (χ0v) is 8.23. The average Bonchev–Trinajstić information content (AvgIpc) is 2.17. The fourth-order valence-electron chi connectivity index (χ4n) is 1.62. The van der Waals surface area contributed by atoms with Crippen LogP contribution in [-0.2, 0) is 0 Å². The summed E-state index contributed by atoms with van der Waals surface area (Å²) in [5.74, 6) is 0.940. The van der Waals surface area contributed by atoms with Crippen LogP contribution in [0.25, 0.3) is 12.2 Å². The Morgan fingerprint density at radius 2 is 2.21 bits per heavy atom. The molecule has 0 radical (unpaired) electrons. The Hall–Kier alpha value is -1.69. The van der Waals surface area contributed by atoms with Gasteiger partial charge in [-0.3, -0.25) is 0 Å². The van der Waals surface area contributed by atoms with Gasteiger partial charge in [0.05, 0.1) is 17.3 Å². The highest BCUT2D eigenvalue weighted by molar-refractivity contribution is 5.43. The highest BCUT2D eigenvalue weighted by Gasteiger charge is 2.15. The van der Waals surface area contributed by atoms with Crippen LogP contribution in [0.1, 0.15) is 12.7 Å². The maximum atomic E-state index is 8.91. The largest absolute Gasteiger partial charge is 0.241 e. The molecular formula is C11H11N3. The van der Waals surface area contributed by atoms with Crippen LogP contribution in [0.2, 0.25) is 0 Å². The summed E-state index contributed by atoms with van der Waals surface area (Å²) in [4.78, 5) is 8.43. The van der Waals surface area contributed by atoms with E-state index >= 15 is 0 Å². The maximum absolute atomic E-state index is 8.91. The molecule has 2 rings (SSSR count). The molecule has 0 bridgehead atoms. The lowest BCUT2D eigenvalue weighted by Gasteiger charge is -2.12. The minimum absolute atomic E-state index is 0.0585. The molecule has 1 aromatic heterocycles. The Labute approximate surface area is 82.4 Å². The molecule has 1 aromatic rings. The monoisotopic (exact) mass is 185 g/mol. The second-order valence-corrected chi connectivity index (χ2v) is 3.61. The number of nitrogens with zero attached hydrogens (tertiary/aromatic N) is 3. The van der Waals surface area contributed by atoms with Gasteiger partial charge in [-0.1, -0.05) is 13.0 Å². The predicted octanol–water partition coefficient (Wildman–Crippen LogP) is 0.135. The fraction of sp³-hybridized carbons (Fsp3) is 0.364. The molecule has 1 heterocycles. The lowest BCUT2D eigenvalue weighted by molar-refractivity contribution is 0.671. The van der Waals surface area contributed by atoms with E-state index in [-0.39, 0.29) is 11.8 Å². The van der Waals surface area contributed by atoms with E-state index in [9.17, 15) is 0 Å². The van der Waals surface area contributed by atoms with Gasteiger partial charge in [-0.25, -0.2) is 9.97 Å². The van der Waals surface area contributed by atoms with Crippen LogP contribution in [0.15, 0.2) is 6.20 Å². The van der Waals surface area contributed by atoms with E-state index in [4.69, 9.17) is 5.26 Å². The summed E-state index contributed by atoms with van der Waals surface area (Å²) in [7, 11) is 0. The molecule has 2 atom stereocenters. The van der Waals surface area contributed by atoms with Crippen molar-refractivity contribution in [3.63, 3.8) is 0 Å². The molecule has 0 spiro atoms. The molecule has 0 amide bonds. The summed E-state index contributed by atoms with van der Waals surface area (Å²) in [6.45, 7) is 3.89. The summed E-state index contributed by atoms with van der Waals surface area (Å²) in [5.41, 5.74) is 0. The second-order valence-electron chi connectivity index (χ2n) is 3.61. The topological polar surface area (TPSA) is 49.6 Å². The van der Waals surface area contributed by atoms with Crippen molar-refractivity contribution in [3.8, 4) is 6.07 Å². The zero-order valence-electron chi connectivity index (χ0n) is 8.23. The van der Waals surface area contributed by atoms with Crippen molar-refractivity contribution in [1.82, 2.24) is 9.97 Å². The molecule has 2 unspecified atom stereocenters. The summed E-state index contributed by atoms with van der Waals surface area (Å²) in [6.07, 6.45) is 5.80. The Morgan fingerprint density at radius 3 is 2.93 bits per heavy atom. The van der Waals surface area contributed by atoms with Gasteiger partial charge in [0.2, 0.25) is 0 Å². The minimum Gasteiger partial charge on any atom is -0.241 e. The molecule has 70 valence electrons. The van der Waals surface area contributed by atoms with Crippen molar-refractivity contribution < 1.29 is 0 Å². The Morgan fingerprint density at radius 1 is 1.43 bits per heavy atom. The zero-order chi connectivity index (χ0) is 10.1. The van der Waals surface area contributed by atoms with Crippen LogP contribution in [0.5, 0.6) is 0 Å². The van der Waals surface area contributed by atoms with Crippen molar-refractivity contribution in [2.24, 2.45) is 11.8 Å². The van der Waals surface area contributed by atoms with Crippen LogP contribution in [0.3, 0.4) is 0 Å². The van der Waals surface area contributed by atoms with Gasteiger partial charge in [-0.2, -0.15) is 5.26 Å². The van der Waals surface area contributed by atoms with E-state index in [2.05, 4.69) is 22.1 Å². The van der Waals surface area contributed by atoms with Crippen LogP contribution in [0.4, 0.5) is 0 Å². The molecule has 0 aliphatic heterocycles. The lowest BCUT2D eigenvalue weighted by Crippen LogP contribution is -2.35. The second kappa shape index (κ2) is 3.22. The number of rotatable bonds is 0. The maximum Gasteiger partial charge on any atom is 0.125 e. The molecule has 0 aromatic carbocycles. The molecule has 0 fully saturated rings. The minimum atomic E-state index is -0.0585. The van der Waals surface area contributed by atoms with Crippen molar-refractivity contribution in [2.45, 2.75) is 13.8 Å². The van der Waals surface area contributed by atoms with Crippen molar-refractivity contribution in [3.05, 3.63) is 22.6 Å². The molecule has 1 aliphatic rings. The summed E-state index contributed by atoms with van der Waals surface area (Å²) < 4.78 is 0. The third-order valence-corrected chi connectivity index (χ3v) is 2.46. The molecule has 0 saturated carbocycles. The SMILES string of the molecule is Cc1ncc2c(n1)=CC(C#N)C(C)C=2. The fourth-order valence-corrected chi connectivity index (χ4v) is 1.62. The van der Waals surface area contributed by atoms with Gasteiger partial charge in [0.25, 0.3) is 0 Å². The number of fused-ring (bicyclic) bond motifs is 1. The standard InChI is InChI=1S/C11H11N3/c1-7-3-10-6-13-8(2)14-11(10)4-9(7)5-12/h3-4,6-7,9H,1-2H3. The number of hydrogen-bond acceptors (Lipinski definition) is 3. The first-order valence-electron chi connectivity index (χ1n) is 4.63. The van der Waals surface area contributed by atoms with Crippen LogP contribution in [-0.4, -0.2) is 9.97 Å². The smallest absolute Gasteiger partial charge is 0.125 e. The van der Waals surface area contributed by atoms with Crippen molar-refractivity contribution in [2.75, 3.05) is 0 Å². The Bertz CT molecular complexity index is 510. The number of nitriles is 1. The molecule has 0 N–H and O–H groups in total. The summed E-state index contributed by atoms with van der Waals surface area (Å²) in [6, 6.07) is 2.27. The first-order valence-corrected chi connectivity index (χ1v) is 4.63. The third kappa shape index (κ3) is 1.39. The van der Waals surface area contributed by atoms with E-state index in [1.807, 2.05) is 26.1 Å². The van der Waals surface area contributed by atoms with Gasteiger partial charge in [0.1, 0.15) is 5.82 Å². The van der Waals surface area contributed by atoms with Gasteiger partial charge >= 0.3 is 0 Å². The third-order valence-electron chi connectivity index (χ3n) is 2.46. The molecule has 3 nitrogen and oxygen atoms in total. The number of aryl methyl sites for hydroxylation is 1. The first-order chi connectivity index (χ1) is 6.70. The molecule has 14 heavy (non-hydrogen) atoms. The van der Waals surface area contributed by atoms with Crippen molar-refractivity contribution in [1.29, 1.82) is 5.26 Å². The quantitative estimate of drug-likeness (QED) is 0.577. The average molecular weight is 185 g/mol. The summed E-state index contributed by atoms with van der Waals surface area (Å²) in [5, 5.41) is 10.8. The van der Waals surface area contributed by atoms with Crippen molar-refractivity contribution >= 4 is 12.2 Å². The number of aromatic nitrogens is 2. The Kier molecular flexibility index (Phi) is 2.05. The Balaban J connectivity index is 2.69. The highest BCUT2D eigenvalue weighted by Crippen LogP contribution is 2.14. The van der Waals surface area contributed by atoms with E-state index in [0.29, 0.717) is 0 Å². The van der Waals surface area contributed by atoms with Gasteiger partial charge in [-0.15, -0.1) is 0 Å². The van der Waals surface area contributed by atoms with E-state index in [1.54, 1.807) is 0 Å².